The normalized spacial score (nSPS) is 14.8. The van der Waals surface area contributed by atoms with E-state index in [-0.39, 0.29) is 0 Å². The molecule has 0 aromatic carbocycles. The Morgan fingerprint density at radius 2 is 1.75 bits per heavy atom. The molecule has 0 saturated carbocycles. The molecule has 0 rings (SSSR count). The molecule has 0 aliphatic carbocycles. The topological polar surface area (TPSA) is 12.0 Å². The largest absolute Gasteiger partial charge is 0.316 e. The van der Waals surface area contributed by atoms with Crippen LogP contribution in [0.5, 0.6) is 0 Å². The van der Waals surface area contributed by atoms with Crippen molar-refractivity contribution in [3.05, 3.63) is 59.8 Å². The second-order valence-corrected chi connectivity index (χ2v) is 3.57. The van der Waals surface area contributed by atoms with Crippen molar-refractivity contribution in [2.45, 2.75) is 20.8 Å². The van der Waals surface area contributed by atoms with Gasteiger partial charge in [0.05, 0.1) is 0 Å². The molecule has 0 aliphatic heterocycles. The molecule has 0 aromatic heterocycles. The third-order valence-electron chi connectivity index (χ3n) is 1.96. The summed E-state index contributed by atoms with van der Waals surface area (Å²) in [5, 5.41) is 3.16. The van der Waals surface area contributed by atoms with Gasteiger partial charge in [-0.15, -0.1) is 0 Å². The molecule has 0 radical (unpaired) electrons. The smallest absolute Gasteiger partial charge is 0.0202 e. The van der Waals surface area contributed by atoms with Gasteiger partial charge in [-0.1, -0.05) is 54.2 Å². The van der Waals surface area contributed by atoms with Gasteiger partial charge in [-0.05, 0) is 33.4 Å². The summed E-state index contributed by atoms with van der Waals surface area (Å²) in [6, 6.07) is 0. The maximum atomic E-state index is 3.16. The highest BCUT2D eigenvalue weighted by Gasteiger charge is 1.90. The van der Waals surface area contributed by atoms with Crippen molar-refractivity contribution < 1.29 is 0 Å². The van der Waals surface area contributed by atoms with Crippen LogP contribution in [0.1, 0.15) is 20.8 Å². The first-order valence-electron chi connectivity index (χ1n) is 5.68. The molecular formula is C15H23N. The summed E-state index contributed by atoms with van der Waals surface area (Å²) in [6.07, 6.45) is 16.6. The fraction of sp³-hybridized carbons (Fsp3) is 0.333. The van der Waals surface area contributed by atoms with Crippen LogP contribution in [0.25, 0.3) is 0 Å². The molecule has 88 valence electrons. The third kappa shape index (κ3) is 8.01. The lowest BCUT2D eigenvalue weighted by molar-refractivity contribution is 0.894. The van der Waals surface area contributed by atoms with Gasteiger partial charge in [0.25, 0.3) is 0 Å². The second kappa shape index (κ2) is 10.2. The fourth-order valence-corrected chi connectivity index (χ4v) is 1.24. The Morgan fingerprint density at radius 3 is 2.31 bits per heavy atom. The molecule has 1 nitrogen and oxygen atoms in total. The lowest BCUT2D eigenvalue weighted by Crippen LogP contribution is -2.09. The molecule has 0 spiro atoms. The van der Waals surface area contributed by atoms with Gasteiger partial charge in [0.1, 0.15) is 0 Å². The van der Waals surface area contributed by atoms with Gasteiger partial charge in [0.15, 0.2) is 0 Å². The number of rotatable bonds is 6. The minimum absolute atomic E-state index is 0.888. The van der Waals surface area contributed by atoms with Crippen LogP contribution in [0.4, 0.5) is 0 Å². The van der Waals surface area contributed by atoms with Gasteiger partial charge in [-0.25, -0.2) is 0 Å². The van der Waals surface area contributed by atoms with Crippen molar-refractivity contribution in [1.29, 1.82) is 0 Å². The Balaban J connectivity index is 4.63. The Morgan fingerprint density at radius 1 is 1.06 bits per heavy atom. The number of hydrogen-bond acceptors (Lipinski definition) is 1. The second-order valence-electron chi connectivity index (χ2n) is 3.57. The molecule has 0 amide bonds. The van der Waals surface area contributed by atoms with Crippen LogP contribution in [-0.4, -0.2) is 13.6 Å². The van der Waals surface area contributed by atoms with E-state index in [2.05, 4.69) is 42.6 Å². The van der Waals surface area contributed by atoms with Gasteiger partial charge < -0.3 is 5.32 Å². The Kier molecular flexibility index (Phi) is 9.33. The van der Waals surface area contributed by atoms with E-state index in [4.69, 9.17) is 0 Å². The van der Waals surface area contributed by atoms with Crippen molar-refractivity contribution in [3.8, 4) is 0 Å². The molecule has 0 heterocycles. The molecular weight excluding hydrogens is 194 g/mol. The molecule has 0 saturated heterocycles. The number of likely N-dealkylation sites (N-methyl/N-ethyl adjacent to an activating group) is 1. The summed E-state index contributed by atoms with van der Waals surface area (Å²) in [7, 11) is 1.96. The van der Waals surface area contributed by atoms with Crippen molar-refractivity contribution in [2.24, 2.45) is 0 Å². The lowest BCUT2D eigenvalue weighted by Gasteiger charge is -2.01. The molecule has 0 aromatic rings. The summed E-state index contributed by atoms with van der Waals surface area (Å²) in [6.45, 7) is 7.04. The van der Waals surface area contributed by atoms with E-state index in [1.54, 1.807) is 0 Å². The average Bonchev–Trinajstić information content (AvgIpc) is 2.26. The molecule has 1 N–H and O–H groups in total. The zero-order chi connectivity index (χ0) is 12.2. The number of allylic oxidation sites excluding steroid dienone is 8. The quantitative estimate of drug-likeness (QED) is 0.667. The van der Waals surface area contributed by atoms with E-state index in [1.807, 2.05) is 39.1 Å². The monoisotopic (exact) mass is 217 g/mol. The summed E-state index contributed by atoms with van der Waals surface area (Å²) in [4.78, 5) is 0. The van der Waals surface area contributed by atoms with Crippen LogP contribution in [-0.2, 0) is 0 Å². The van der Waals surface area contributed by atoms with Gasteiger partial charge in [-0.2, -0.15) is 0 Å². The summed E-state index contributed by atoms with van der Waals surface area (Å²) >= 11 is 0. The molecule has 1 heteroatoms. The minimum atomic E-state index is 0.888. The van der Waals surface area contributed by atoms with E-state index in [9.17, 15) is 0 Å². The number of hydrogen-bond donors (Lipinski definition) is 1. The molecule has 0 bridgehead atoms. The Hall–Kier alpha value is -1.34. The highest BCUT2D eigenvalue weighted by atomic mass is 14.8. The first-order valence-corrected chi connectivity index (χ1v) is 5.68. The van der Waals surface area contributed by atoms with Crippen molar-refractivity contribution in [3.63, 3.8) is 0 Å². The molecule has 0 atom stereocenters. The van der Waals surface area contributed by atoms with Crippen molar-refractivity contribution >= 4 is 0 Å². The van der Waals surface area contributed by atoms with E-state index in [0.717, 1.165) is 6.54 Å². The van der Waals surface area contributed by atoms with E-state index >= 15 is 0 Å². The molecule has 0 unspecified atom stereocenters. The zero-order valence-corrected chi connectivity index (χ0v) is 10.8. The van der Waals surface area contributed by atoms with Crippen LogP contribution in [0.3, 0.4) is 0 Å². The van der Waals surface area contributed by atoms with Gasteiger partial charge >= 0.3 is 0 Å². The van der Waals surface area contributed by atoms with E-state index in [1.165, 1.54) is 11.1 Å². The van der Waals surface area contributed by atoms with Crippen LogP contribution >= 0.6 is 0 Å². The first kappa shape index (κ1) is 14.7. The predicted octanol–water partition coefficient (Wildman–Crippen LogP) is 3.79. The fourth-order valence-electron chi connectivity index (χ4n) is 1.24. The SMILES string of the molecule is C\C=C/C=C\C(C)=C\C(=C/C=C\C)CNC. The standard InChI is InChI=1S/C15H23N/c1-5-7-9-10-14(3)12-15(13-16-4)11-8-6-2/h5-12,16H,13H2,1-4H3/b7-5-,8-6-,10-9-,14-12+,15-11+. The average molecular weight is 217 g/mol. The van der Waals surface area contributed by atoms with Crippen LogP contribution < -0.4 is 5.32 Å². The van der Waals surface area contributed by atoms with E-state index < -0.39 is 0 Å². The zero-order valence-electron chi connectivity index (χ0n) is 10.8. The lowest BCUT2D eigenvalue weighted by atomic mass is 10.1. The summed E-state index contributed by atoms with van der Waals surface area (Å²) < 4.78 is 0. The summed E-state index contributed by atoms with van der Waals surface area (Å²) in [5.41, 5.74) is 2.53. The predicted molar refractivity (Wildman–Crippen MR) is 74.5 cm³/mol. The Labute approximate surface area is 100.0 Å². The Bertz CT molecular complexity index is 314. The summed E-state index contributed by atoms with van der Waals surface area (Å²) in [5.74, 6) is 0. The van der Waals surface area contributed by atoms with Gasteiger partial charge in [0, 0.05) is 6.54 Å². The maximum Gasteiger partial charge on any atom is 0.0202 e. The van der Waals surface area contributed by atoms with Gasteiger partial charge in [0.2, 0.25) is 0 Å². The van der Waals surface area contributed by atoms with Crippen molar-refractivity contribution in [2.75, 3.05) is 13.6 Å². The van der Waals surface area contributed by atoms with Crippen molar-refractivity contribution in [1.82, 2.24) is 5.32 Å². The molecule has 0 aliphatic rings. The van der Waals surface area contributed by atoms with Crippen LogP contribution in [0, 0.1) is 0 Å². The highest BCUT2D eigenvalue weighted by Crippen LogP contribution is 2.04. The molecule has 16 heavy (non-hydrogen) atoms. The maximum absolute atomic E-state index is 3.16. The van der Waals surface area contributed by atoms with Gasteiger partial charge in [-0.3, -0.25) is 0 Å². The first-order chi connectivity index (χ1) is 7.74. The number of nitrogens with one attached hydrogen (secondary N) is 1. The van der Waals surface area contributed by atoms with E-state index in [0.29, 0.717) is 0 Å². The van der Waals surface area contributed by atoms with Crippen LogP contribution in [0.15, 0.2) is 59.8 Å². The molecule has 0 fully saturated rings. The third-order valence-corrected chi connectivity index (χ3v) is 1.96. The minimum Gasteiger partial charge on any atom is -0.316 e. The van der Waals surface area contributed by atoms with Crippen LogP contribution in [0.2, 0.25) is 0 Å². The highest BCUT2D eigenvalue weighted by molar-refractivity contribution is 5.33.